The molecular formula is C28H60N4. The summed E-state index contributed by atoms with van der Waals surface area (Å²) in [6.07, 6.45) is 13.0. The van der Waals surface area contributed by atoms with Crippen LogP contribution in [0, 0.1) is 11.3 Å². The molecule has 0 heterocycles. The third-order valence-corrected chi connectivity index (χ3v) is 5.76. The first-order valence-corrected chi connectivity index (χ1v) is 12.6. The largest absolute Gasteiger partial charge is 0.330 e. The highest BCUT2D eigenvalue weighted by Gasteiger charge is 2.13. The van der Waals surface area contributed by atoms with Crippen LogP contribution in [-0.2, 0) is 0 Å². The van der Waals surface area contributed by atoms with Gasteiger partial charge >= 0.3 is 0 Å². The first kappa shape index (κ1) is 38.1. The predicted octanol–water partition coefficient (Wildman–Crippen LogP) is 6.48. The molecule has 0 aliphatic carbocycles. The summed E-state index contributed by atoms with van der Waals surface area (Å²) in [5, 5.41) is 0. The molecule has 0 aromatic heterocycles. The van der Waals surface area contributed by atoms with E-state index >= 15 is 0 Å². The fraction of sp³-hybridized carbons (Fsp3) is 0.714. The van der Waals surface area contributed by atoms with Gasteiger partial charge in [-0.2, -0.15) is 0 Å². The van der Waals surface area contributed by atoms with E-state index in [1.54, 1.807) is 0 Å². The van der Waals surface area contributed by atoms with Gasteiger partial charge in [-0.15, -0.1) is 6.58 Å². The molecule has 0 saturated heterocycles. The van der Waals surface area contributed by atoms with E-state index in [9.17, 15) is 0 Å². The maximum atomic E-state index is 5.46. The molecule has 32 heavy (non-hydrogen) atoms. The molecule has 4 nitrogen and oxygen atoms in total. The van der Waals surface area contributed by atoms with E-state index in [0.29, 0.717) is 19.0 Å². The molecule has 0 aromatic rings. The Morgan fingerprint density at radius 3 is 1.28 bits per heavy atom. The molecule has 8 N–H and O–H groups in total. The van der Waals surface area contributed by atoms with Gasteiger partial charge in [-0.25, -0.2) is 0 Å². The van der Waals surface area contributed by atoms with Crippen molar-refractivity contribution in [2.24, 2.45) is 34.3 Å². The number of hydrogen-bond acceptors (Lipinski definition) is 4. The maximum Gasteiger partial charge on any atom is 0.0136 e. The Bertz CT molecular complexity index is 440. The number of hydrogen-bond donors (Lipinski definition) is 4. The Balaban J connectivity index is -0.000000163. The molecule has 0 aromatic carbocycles. The maximum absolute atomic E-state index is 5.46. The van der Waals surface area contributed by atoms with Gasteiger partial charge in [0.15, 0.2) is 0 Å². The quantitative estimate of drug-likeness (QED) is 0.254. The van der Waals surface area contributed by atoms with E-state index in [2.05, 4.69) is 80.7 Å². The first-order chi connectivity index (χ1) is 15.1. The Hall–Kier alpha value is -1.20. The zero-order valence-corrected chi connectivity index (χ0v) is 23.1. The third kappa shape index (κ3) is 25.1. The van der Waals surface area contributed by atoms with Crippen LogP contribution < -0.4 is 22.9 Å². The molecule has 4 heteroatoms. The van der Waals surface area contributed by atoms with Crippen molar-refractivity contribution < 1.29 is 0 Å². The van der Waals surface area contributed by atoms with Gasteiger partial charge in [0.05, 0.1) is 0 Å². The lowest BCUT2D eigenvalue weighted by Crippen LogP contribution is -2.23. The second-order valence-electron chi connectivity index (χ2n) is 8.24. The summed E-state index contributed by atoms with van der Waals surface area (Å²) in [6.45, 7) is 27.4. The van der Waals surface area contributed by atoms with Crippen molar-refractivity contribution >= 4 is 0 Å². The smallest absolute Gasteiger partial charge is 0.0136 e. The highest BCUT2D eigenvalue weighted by atomic mass is 14.6. The lowest BCUT2D eigenvalue weighted by molar-refractivity contribution is 0.425. The highest BCUT2D eigenvalue weighted by Crippen LogP contribution is 2.19. The fourth-order valence-electron chi connectivity index (χ4n) is 2.18. The minimum atomic E-state index is 0.167. The average molecular weight is 453 g/mol. The topological polar surface area (TPSA) is 104 Å². The van der Waals surface area contributed by atoms with Crippen molar-refractivity contribution in [1.29, 1.82) is 0 Å². The Morgan fingerprint density at radius 1 is 0.812 bits per heavy atom. The first-order valence-electron chi connectivity index (χ1n) is 12.6. The van der Waals surface area contributed by atoms with Crippen LogP contribution >= 0.6 is 0 Å². The summed E-state index contributed by atoms with van der Waals surface area (Å²) in [6, 6.07) is 0. The molecule has 0 spiro atoms. The van der Waals surface area contributed by atoms with Gasteiger partial charge in [0, 0.05) is 26.2 Å². The molecule has 0 amide bonds. The van der Waals surface area contributed by atoms with Crippen LogP contribution in [0.4, 0.5) is 0 Å². The minimum absolute atomic E-state index is 0.167. The second-order valence-corrected chi connectivity index (χ2v) is 8.24. The van der Waals surface area contributed by atoms with Gasteiger partial charge in [0.25, 0.3) is 0 Å². The van der Waals surface area contributed by atoms with Crippen molar-refractivity contribution in [2.45, 2.75) is 93.9 Å². The Morgan fingerprint density at radius 2 is 1.22 bits per heavy atom. The van der Waals surface area contributed by atoms with Gasteiger partial charge in [0.2, 0.25) is 0 Å². The molecule has 2 unspecified atom stereocenters. The molecule has 0 radical (unpaired) electrons. The van der Waals surface area contributed by atoms with Crippen LogP contribution in [0.1, 0.15) is 93.9 Å². The van der Waals surface area contributed by atoms with Crippen LogP contribution in [0.25, 0.3) is 0 Å². The summed E-state index contributed by atoms with van der Waals surface area (Å²) in [5.41, 5.74) is 25.7. The van der Waals surface area contributed by atoms with Gasteiger partial charge in [-0.1, -0.05) is 96.9 Å². The standard InChI is InChI=1S/4C7H15N/c1-4-6(2)7(3)5-8;1-4-7(3,5-2)6-8;2*1-3-5-7(4-2)6-8/h6H,3-5,8H2,1-2H3;4H,1,5-6,8H2,2-3H3;2*5H,3-4,6,8H2,1-2H3/b;;7-5+;7-5-. The molecule has 0 aliphatic heterocycles. The molecule has 0 rings (SSSR count). The van der Waals surface area contributed by atoms with Crippen LogP contribution in [0.2, 0.25) is 0 Å². The fourth-order valence-corrected chi connectivity index (χ4v) is 2.18. The zero-order chi connectivity index (χ0) is 26.0. The lowest BCUT2D eigenvalue weighted by Gasteiger charge is -2.20. The predicted molar refractivity (Wildman–Crippen MR) is 151 cm³/mol. The zero-order valence-electron chi connectivity index (χ0n) is 23.1. The average Bonchev–Trinajstić information content (AvgIpc) is 2.85. The van der Waals surface area contributed by atoms with Crippen LogP contribution in [0.5, 0.6) is 0 Å². The van der Waals surface area contributed by atoms with E-state index in [1.807, 2.05) is 6.08 Å². The monoisotopic (exact) mass is 452 g/mol. The third-order valence-electron chi connectivity index (χ3n) is 5.76. The van der Waals surface area contributed by atoms with Gasteiger partial charge < -0.3 is 22.9 Å². The van der Waals surface area contributed by atoms with Crippen molar-refractivity contribution in [1.82, 2.24) is 0 Å². The van der Waals surface area contributed by atoms with Crippen molar-refractivity contribution in [2.75, 3.05) is 26.2 Å². The summed E-state index contributed by atoms with van der Waals surface area (Å²) in [4.78, 5) is 0. The highest BCUT2D eigenvalue weighted by molar-refractivity contribution is 5.02. The van der Waals surface area contributed by atoms with Crippen molar-refractivity contribution in [3.8, 4) is 0 Å². The summed E-state index contributed by atoms with van der Waals surface area (Å²) < 4.78 is 0. The van der Waals surface area contributed by atoms with Crippen LogP contribution in [0.15, 0.2) is 48.1 Å². The second kappa shape index (κ2) is 27.8. The van der Waals surface area contributed by atoms with E-state index in [-0.39, 0.29) is 5.41 Å². The number of nitrogens with two attached hydrogens (primary N) is 4. The van der Waals surface area contributed by atoms with Gasteiger partial charge in [-0.05, 0) is 49.9 Å². The normalized spacial score (nSPS) is 13.8. The molecule has 0 fully saturated rings. The summed E-state index contributed by atoms with van der Waals surface area (Å²) >= 11 is 0. The molecule has 0 saturated carbocycles. The van der Waals surface area contributed by atoms with Gasteiger partial charge in [0.1, 0.15) is 0 Å². The minimum Gasteiger partial charge on any atom is -0.330 e. The molecule has 0 aliphatic rings. The van der Waals surface area contributed by atoms with Crippen molar-refractivity contribution in [3.63, 3.8) is 0 Å². The number of rotatable bonds is 12. The van der Waals surface area contributed by atoms with E-state index in [1.165, 1.54) is 11.1 Å². The Labute approximate surface area is 202 Å². The van der Waals surface area contributed by atoms with E-state index < -0.39 is 0 Å². The molecule has 2 atom stereocenters. The van der Waals surface area contributed by atoms with E-state index in [0.717, 1.165) is 57.2 Å². The van der Waals surface area contributed by atoms with E-state index in [4.69, 9.17) is 22.9 Å². The SMILES string of the molecule is C=C(CN)C(C)CC.C=CC(C)(CC)CN.CC/C=C(/CC)CN.CC/C=C(\CC)CN. The molecule has 192 valence electrons. The van der Waals surface area contributed by atoms with Gasteiger partial charge in [-0.3, -0.25) is 0 Å². The summed E-state index contributed by atoms with van der Waals surface area (Å²) in [5.74, 6) is 0.597. The molecule has 0 bridgehead atoms. The number of allylic oxidation sites excluding steroid dienone is 2. The van der Waals surface area contributed by atoms with Crippen LogP contribution in [0.3, 0.4) is 0 Å². The van der Waals surface area contributed by atoms with Crippen LogP contribution in [-0.4, -0.2) is 26.2 Å². The Kier molecular flexibility index (Phi) is 33.1. The van der Waals surface area contributed by atoms with Crippen molar-refractivity contribution in [3.05, 3.63) is 48.1 Å². The lowest BCUT2D eigenvalue weighted by atomic mass is 9.88. The molecular weight excluding hydrogens is 392 g/mol. The summed E-state index contributed by atoms with van der Waals surface area (Å²) in [7, 11) is 0.